The number of rotatable bonds is 20. The van der Waals surface area contributed by atoms with Crippen LogP contribution in [0.2, 0.25) is 0 Å². The molecule has 4 fully saturated rings. The molecule has 8 rings (SSSR count). The number of hydrogen-bond acceptors (Lipinski definition) is 8. The summed E-state index contributed by atoms with van der Waals surface area (Å²) in [4.78, 5) is 23.1. The zero-order chi connectivity index (χ0) is 43.9. The third-order valence-electron chi connectivity index (χ3n) is 12.8. The van der Waals surface area contributed by atoms with E-state index < -0.39 is 35.4 Å². The average molecular weight is 857 g/mol. The number of carboxylic acids is 2. The third kappa shape index (κ3) is 11.5. The smallest absolute Gasteiger partial charge is 0.306 e. The topological polar surface area (TPSA) is 130 Å². The van der Waals surface area contributed by atoms with Crippen LogP contribution in [0, 0.1) is 47.1 Å². The van der Waals surface area contributed by atoms with Gasteiger partial charge in [-0.05, 0) is 147 Å². The van der Waals surface area contributed by atoms with Gasteiger partial charge in [0.15, 0.2) is 23.1 Å². The van der Waals surface area contributed by atoms with Gasteiger partial charge >= 0.3 is 11.9 Å². The highest BCUT2D eigenvalue weighted by atomic mass is 19.1. The van der Waals surface area contributed by atoms with Crippen LogP contribution in [0.25, 0.3) is 0 Å². The first-order chi connectivity index (χ1) is 29.9. The molecule has 4 aromatic carbocycles. The zero-order valence-electron chi connectivity index (χ0n) is 35.8. The number of aliphatic carboxylic acids is 2. The predicted octanol–water partition coefficient (Wildman–Crippen LogP) is 10.6. The molecule has 4 aliphatic rings. The molecule has 0 bridgehead atoms. The number of hydrogen-bond donors (Lipinski definition) is 2. The lowest BCUT2D eigenvalue weighted by Gasteiger charge is -2.35. The van der Waals surface area contributed by atoms with Crippen molar-refractivity contribution in [3.05, 3.63) is 108 Å². The quantitative estimate of drug-likeness (QED) is 0.0886. The van der Waals surface area contributed by atoms with Gasteiger partial charge in [-0.3, -0.25) is 9.59 Å². The molecular formula is C50H58F2O10. The summed E-state index contributed by atoms with van der Waals surface area (Å²) < 4.78 is 61.6. The molecule has 0 heterocycles. The molecule has 332 valence electrons. The third-order valence-corrected chi connectivity index (χ3v) is 12.8. The molecule has 12 heteroatoms. The Balaban J connectivity index is 0.000000186. The van der Waals surface area contributed by atoms with Crippen LogP contribution in [-0.2, 0) is 9.59 Å². The van der Waals surface area contributed by atoms with E-state index in [0.717, 1.165) is 74.0 Å². The molecule has 0 aromatic heterocycles. The fourth-order valence-electron chi connectivity index (χ4n) is 8.78. The summed E-state index contributed by atoms with van der Waals surface area (Å²) in [6.07, 6.45) is 7.50. The second kappa shape index (κ2) is 20.1. The van der Waals surface area contributed by atoms with Crippen LogP contribution < -0.4 is 28.4 Å². The highest BCUT2D eigenvalue weighted by Crippen LogP contribution is 2.48. The molecule has 4 saturated carbocycles. The average Bonchev–Trinajstić information content (AvgIpc) is 4.19. The van der Waals surface area contributed by atoms with E-state index in [1.807, 2.05) is 48.5 Å². The fourth-order valence-corrected chi connectivity index (χ4v) is 8.78. The number of carbonyl (C=O) groups is 2. The minimum absolute atomic E-state index is 0.0280. The maximum atomic E-state index is 13.9. The van der Waals surface area contributed by atoms with Gasteiger partial charge in [-0.2, -0.15) is 0 Å². The Labute approximate surface area is 362 Å². The first-order valence-corrected chi connectivity index (χ1v) is 21.8. The summed E-state index contributed by atoms with van der Waals surface area (Å²) in [5.41, 5.74) is 2.08. The molecule has 0 spiro atoms. The van der Waals surface area contributed by atoms with E-state index in [4.69, 9.17) is 28.4 Å². The van der Waals surface area contributed by atoms with E-state index in [1.165, 1.54) is 26.4 Å². The Morgan fingerprint density at radius 3 is 1.31 bits per heavy atom. The molecular weight excluding hydrogens is 799 g/mol. The van der Waals surface area contributed by atoms with Crippen molar-refractivity contribution in [3.8, 4) is 34.5 Å². The van der Waals surface area contributed by atoms with Crippen molar-refractivity contribution >= 4 is 11.9 Å². The van der Waals surface area contributed by atoms with Gasteiger partial charge in [0.25, 0.3) is 0 Å². The lowest BCUT2D eigenvalue weighted by atomic mass is 9.82. The van der Waals surface area contributed by atoms with Crippen LogP contribution in [0.15, 0.2) is 84.9 Å². The zero-order valence-corrected chi connectivity index (χ0v) is 35.8. The van der Waals surface area contributed by atoms with Crippen LogP contribution in [0.1, 0.15) is 88.2 Å². The van der Waals surface area contributed by atoms with Gasteiger partial charge in [0.1, 0.15) is 23.0 Å². The van der Waals surface area contributed by atoms with Crippen molar-refractivity contribution < 1.29 is 57.0 Å². The minimum atomic E-state index is -0.754. The Kier molecular flexibility index (Phi) is 14.4. The maximum Gasteiger partial charge on any atom is 0.306 e. The molecule has 4 atom stereocenters. The molecule has 0 saturated heterocycles. The summed E-state index contributed by atoms with van der Waals surface area (Å²) >= 11 is 0. The van der Waals surface area contributed by atoms with E-state index in [9.17, 15) is 28.6 Å². The second-order valence-corrected chi connectivity index (χ2v) is 17.5. The number of benzene rings is 4. The number of halogens is 2. The lowest BCUT2D eigenvalue weighted by molar-refractivity contribution is -0.143. The minimum Gasteiger partial charge on any atom is -0.497 e. The summed E-state index contributed by atoms with van der Waals surface area (Å²) in [5.74, 6) is 1.63. The highest BCUT2D eigenvalue weighted by Gasteiger charge is 2.40. The van der Waals surface area contributed by atoms with E-state index >= 15 is 0 Å². The first kappa shape index (κ1) is 44.5. The predicted molar refractivity (Wildman–Crippen MR) is 229 cm³/mol. The molecule has 4 aromatic rings. The Morgan fingerprint density at radius 2 is 0.968 bits per heavy atom. The van der Waals surface area contributed by atoms with Crippen molar-refractivity contribution in [1.82, 2.24) is 0 Å². The molecule has 0 amide bonds. The summed E-state index contributed by atoms with van der Waals surface area (Å²) in [7, 11) is 3.08. The largest absolute Gasteiger partial charge is 0.497 e. The van der Waals surface area contributed by atoms with Gasteiger partial charge in [-0.1, -0.05) is 38.1 Å². The van der Waals surface area contributed by atoms with Crippen LogP contribution in [0.3, 0.4) is 0 Å². The molecule has 2 N–H and O–H groups in total. The van der Waals surface area contributed by atoms with E-state index in [0.29, 0.717) is 48.4 Å². The molecule has 0 unspecified atom stereocenters. The molecule has 4 aliphatic carbocycles. The standard InChI is InChI=1S/2C25H29FO5/c2*1-15(25(27)28)24(17-6-7-17)18-4-3-5-20(12-18)30-14-16-10-21(11-16)31-23-13-19(29-2)8-9-22(23)26/h2*3-5,8-9,12-13,15-17,21,24H,6-7,10-11,14H2,1-2H3,(H,27,28)/t2*15-,16?,21?,24-/m00/s1. The van der Waals surface area contributed by atoms with Crippen molar-refractivity contribution in [2.45, 2.75) is 89.3 Å². The highest BCUT2D eigenvalue weighted by molar-refractivity contribution is 5.71. The van der Waals surface area contributed by atoms with Gasteiger partial charge in [-0.25, -0.2) is 8.78 Å². The van der Waals surface area contributed by atoms with Gasteiger partial charge in [0.05, 0.1) is 51.5 Å². The van der Waals surface area contributed by atoms with Crippen molar-refractivity contribution in [2.24, 2.45) is 35.5 Å². The Morgan fingerprint density at radius 1 is 0.581 bits per heavy atom. The SMILES string of the molecule is COc1ccc(F)c(OC2CC(COc3cccc([C@H](C4CC4)[C@H](C)C(=O)O)c3)C2)c1.COc1ccc(F)c(OC2CC(COc3cccc([C@H](C4CC4)[C@H](C)C(=O)O)c3)C2)c1. The van der Waals surface area contributed by atoms with Crippen LogP contribution in [0.5, 0.6) is 34.5 Å². The van der Waals surface area contributed by atoms with Crippen LogP contribution in [0.4, 0.5) is 8.78 Å². The molecule has 10 nitrogen and oxygen atoms in total. The molecule has 62 heavy (non-hydrogen) atoms. The van der Waals surface area contributed by atoms with Gasteiger partial charge in [-0.15, -0.1) is 0 Å². The van der Waals surface area contributed by atoms with Crippen LogP contribution in [-0.4, -0.2) is 61.8 Å². The second-order valence-electron chi connectivity index (χ2n) is 17.5. The van der Waals surface area contributed by atoms with E-state index in [1.54, 1.807) is 38.1 Å². The van der Waals surface area contributed by atoms with Crippen molar-refractivity contribution in [1.29, 1.82) is 0 Å². The summed E-state index contributed by atoms with van der Waals surface area (Å²) in [6, 6.07) is 24.7. The maximum absolute atomic E-state index is 13.9. The van der Waals surface area contributed by atoms with Gasteiger partial charge in [0, 0.05) is 12.1 Å². The van der Waals surface area contributed by atoms with Gasteiger partial charge < -0.3 is 38.6 Å². The normalized spacial score (nSPS) is 22.2. The summed E-state index contributed by atoms with van der Waals surface area (Å²) in [5, 5.41) is 19.0. The van der Waals surface area contributed by atoms with Crippen molar-refractivity contribution in [2.75, 3.05) is 27.4 Å². The van der Waals surface area contributed by atoms with E-state index in [-0.39, 0.29) is 35.5 Å². The molecule has 0 radical (unpaired) electrons. The Hall–Kier alpha value is -5.52. The Bertz CT molecular complexity index is 1990. The number of ether oxygens (including phenoxy) is 6. The summed E-state index contributed by atoms with van der Waals surface area (Å²) in [6.45, 7) is 4.70. The van der Waals surface area contributed by atoms with Gasteiger partial charge in [0.2, 0.25) is 0 Å². The molecule has 0 aliphatic heterocycles. The van der Waals surface area contributed by atoms with E-state index in [2.05, 4.69) is 0 Å². The monoisotopic (exact) mass is 856 g/mol. The number of methoxy groups -OCH3 is 2. The van der Waals surface area contributed by atoms with Crippen LogP contribution >= 0.6 is 0 Å². The lowest BCUT2D eigenvalue weighted by Crippen LogP contribution is -2.37. The fraction of sp³-hybridized carbons (Fsp3) is 0.480. The van der Waals surface area contributed by atoms with Crippen molar-refractivity contribution in [3.63, 3.8) is 0 Å². The first-order valence-electron chi connectivity index (χ1n) is 21.8. The number of carboxylic acid groups (broad SMARTS) is 2.